The van der Waals surface area contributed by atoms with Crippen LogP contribution in [-0.2, 0) is 13.6 Å². The maximum absolute atomic E-state index is 5.17. The quantitative estimate of drug-likeness (QED) is 0.310. The van der Waals surface area contributed by atoms with Gasteiger partial charge in [0.2, 0.25) is 0 Å². The molecule has 0 aromatic heterocycles. The Morgan fingerprint density at radius 1 is 1.20 bits per heavy atom. The molecule has 4 heteroatoms. The summed E-state index contributed by atoms with van der Waals surface area (Å²) in [6.45, 7) is 5.95. The van der Waals surface area contributed by atoms with E-state index < -0.39 is 10.0 Å². The number of hydrogen-bond acceptors (Lipinski definition) is 3. The Kier molecular flexibility index (Phi) is 9.19. The molecule has 0 aliphatic carbocycles. The van der Waals surface area contributed by atoms with Crippen molar-refractivity contribution in [3.05, 3.63) is 0 Å². The van der Waals surface area contributed by atoms with Gasteiger partial charge in [-0.2, -0.15) is 0 Å². The van der Waals surface area contributed by atoms with Crippen LogP contribution in [0.15, 0.2) is 0 Å². The van der Waals surface area contributed by atoms with E-state index in [2.05, 4.69) is 6.92 Å². The summed E-state index contributed by atoms with van der Waals surface area (Å²) < 4.78 is 15.2. The molecule has 0 aliphatic rings. The van der Waals surface area contributed by atoms with Crippen molar-refractivity contribution in [2.75, 3.05) is 20.0 Å². The fourth-order valence-corrected chi connectivity index (χ4v) is 1.15. The Bertz CT molecular complexity index is 53.0. The van der Waals surface area contributed by atoms with Crippen molar-refractivity contribution in [2.24, 2.45) is 0 Å². The van der Waals surface area contributed by atoms with E-state index in [1.165, 1.54) is 0 Å². The molecular formula is C6H16O3Si. The first kappa shape index (κ1) is 10.1. The molecule has 0 radical (unpaired) electrons. The molecule has 0 spiro atoms. The predicted octanol–water partition coefficient (Wildman–Crippen LogP) is 0.422. The fourth-order valence-electron chi connectivity index (χ4n) is 0.438. The molecule has 0 aromatic rings. The molecule has 62 valence electrons. The normalized spacial score (nSPS) is 11.4. The lowest BCUT2D eigenvalue weighted by Crippen LogP contribution is -2.08. The lowest BCUT2D eigenvalue weighted by Gasteiger charge is -2.03. The molecule has 0 aliphatic heterocycles. The van der Waals surface area contributed by atoms with Gasteiger partial charge < -0.3 is 13.6 Å². The van der Waals surface area contributed by atoms with Gasteiger partial charge in [-0.05, 0) is 13.3 Å². The maximum atomic E-state index is 5.17. The Balaban J connectivity index is 2.65. The number of rotatable bonds is 7. The molecule has 0 heterocycles. The van der Waals surface area contributed by atoms with Gasteiger partial charge in [-0.25, -0.2) is 0 Å². The van der Waals surface area contributed by atoms with Crippen LogP contribution in [0.3, 0.4) is 0 Å². The van der Waals surface area contributed by atoms with E-state index >= 15 is 0 Å². The second kappa shape index (κ2) is 9.10. The van der Waals surface area contributed by atoms with Crippen LogP contribution >= 0.6 is 0 Å². The van der Waals surface area contributed by atoms with Crippen molar-refractivity contribution in [1.29, 1.82) is 0 Å². The van der Waals surface area contributed by atoms with Gasteiger partial charge in [0.15, 0.2) is 0 Å². The van der Waals surface area contributed by atoms with Gasteiger partial charge in [0.1, 0.15) is 6.79 Å². The van der Waals surface area contributed by atoms with Gasteiger partial charge in [0.05, 0.1) is 0 Å². The van der Waals surface area contributed by atoms with E-state index in [0.717, 1.165) is 13.0 Å². The summed E-state index contributed by atoms with van der Waals surface area (Å²) in [6, 6.07) is 0. The first-order chi connectivity index (χ1) is 4.91. The highest BCUT2D eigenvalue weighted by molar-refractivity contribution is 6.17. The average molecular weight is 164 g/mol. The first-order valence-corrected chi connectivity index (χ1v) is 4.80. The topological polar surface area (TPSA) is 27.7 Å². The zero-order valence-electron chi connectivity index (χ0n) is 6.76. The smallest absolute Gasteiger partial charge is 0.306 e. The minimum Gasteiger partial charge on any atom is -0.399 e. The highest BCUT2D eigenvalue weighted by Crippen LogP contribution is 1.80. The van der Waals surface area contributed by atoms with Crippen LogP contribution in [0, 0.1) is 0 Å². The lowest BCUT2D eigenvalue weighted by molar-refractivity contribution is 0.0113. The molecule has 0 rings (SSSR count). The molecule has 0 atom stereocenters. The van der Waals surface area contributed by atoms with E-state index in [0.29, 0.717) is 13.4 Å². The van der Waals surface area contributed by atoms with E-state index in [1.807, 2.05) is 6.92 Å². The van der Waals surface area contributed by atoms with Crippen LogP contribution in [0.5, 0.6) is 0 Å². The molecule has 0 bridgehead atoms. The van der Waals surface area contributed by atoms with Gasteiger partial charge in [0.25, 0.3) is 0 Å². The maximum Gasteiger partial charge on any atom is 0.306 e. The summed E-state index contributed by atoms with van der Waals surface area (Å²) in [4.78, 5) is 0. The molecule has 0 aromatic carbocycles. The Morgan fingerprint density at radius 2 is 2.00 bits per heavy atom. The lowest BCUT2D eigenvalue weighted by atomic mass is 10.5. The SMILES string of the molecule is CCCO[SiH2]OCOCC. The zero-order valence-corrected chi connectivity index (χ0v) is 8.17. The third-order valence-electron chi connectivity index (χ3n) is 0.886. The number of ether oxygens (including phenoxy) is 1. The number of hydrogen-bond donors (Lipinski definition) is 0. The molecule has 0 fully saturated rings. The first-order valence-electron chi connectivity index (χ1n) is 3.65. The highest BCUT2D eigenvalue weighted by atomic mass is 28.3. The molecular weight excluding hydrogens is 148 g/mol. The highest BCUT2D eigenvalue weighted by Gasteiger charge is 1.86. The summed E-state index contributed by atoms with van der Waals surface area (Å²) in [7, 11) is -0.745. The van der Waals surface area contributed by atoms with Crippen molar-refractivity contribution in [1.82, 2.24) is 0 Å². The molecule has 3 nitrogen and oxygen atoms in total. The van der Waals surface area contributed by atoms with Crippen molar-refractivity contribution in [2.45, 2.75) is 20.3 Å². The second-order valence-corrected chi connectivity index (χ2v) is 2.89. The van der Waals surface area contributed by atoms with Crippen molar-refractivity contribution < 1.29 is 13.6 Å². The molecule has 0 unspecified atom stereocenters. The molecule has 0 N–H and O–H groups in total. The minimum atomic E-state index is -0.745. The Hall–Kier alpha value is 0.0969. The Morgan fingerprint density at radius 3 is 2.60 bits per heavy atom. The van der Waals surface area contributed by atoms with Crippen molar-refractivity contribution in [3.63, 3.8) is 0 Å². The van der Waals surface area contributed by atoms with Crippen LogP contribution in [0.4, 0.5) is 0 Å². The van der Waals surface area contributed by atoms with Crippen molar-refractivity contribution >= 4 is 10.0 Å². The van der Waals surface area contributed by atoms with E-state index in [1.54, 1.807) is 0 Å². The summed E-state index contributed by atoms with van der Waals surface area (Å²) in [5.41, 5.74) is 0. The molecule has 0 saturated carbocycles. The van der Waals surface area contributed by atoms with Crippen LogP contribution in [0.25, 0.3) is 0 Å². The van der Waals surface area contributed by atoms with Gasteiger partial charge in [-0.3, -0.25) is 0 Å². The molecule has 0 amide bonds. The monoisotopic (exact) mass is 164 g/mol. The summed E-state index contributed by atoms with van der Waals surface area (Å²) in [5.74, 6) is 0. The van der Waals surface area contributed by atoms with Crippen molar-refractivity contribution in [3.8, 4) is 0 Å². The fraction of sp³-hybridized carbons (Fsp3) is 1.00. The third-order valence-corrected chi connectivity index (χ3v) is 1.67. The average Bonchev–Trinajstić information content (AvgIpc) is 1.97. The van der Waals surface area contributed by atoms with Gasteiger partial charge in [-0.1, -0.05) is 6.92 Å². The summed E-state index contributed by atoms with van der Waals surface area (Å²) in [5, 5.41) is 0. The standard InChI is InChI=1S/C6H16O3Si/c1-3-5-8-10-9-6-7-4-2/h3-6,10H2,1-2H3. The zero-order chi connectivity index (χ0) is 7.66. The van der Waals surface area contributed by atoms with Crippen LogP contribution in [-0.4, -0.2) is 30.0 Å². The van der Waals surface area contributed by atoms with Gasteiger partial charge in [0, 0.05) is 13.2 Å². The van der Waals surface area contributed by atoms with E-state index in [4.69, 9.17) is 13.6 Å². The van der Waals surface area contributed by atoms with Crippen LogP contribution < -0.4 is 0 Å². The third kappa shape index (κ3) is 8.10. The largest absolute Gasteiger partial charge is 0.399 e. The van der Waals surface area contributed by atoms with E-state index in [9.17, 15) is 0 Å². The second-order valence-electron chi connectivity index (χ2n) is 1.84. The molecule has 10 heavy (non-hydrogen) atoms. The summed E-state index contributed by atoms with van der Waals surface area (Å²) >= 11 is 0. The van der Waals surface area contributed by atoms with Gasteiger partial charge in [-0.15, -0.1) is 0 Å². The van der Waals surface area contributed by atoms with Crippen LogP contribution in [0.2, 0.25) is 0 Å². The minimum absolute atomic E-state index is 0.395. The van der Waals surface area contributed by atoms with Gasteiger partial charge >= 0.3 is 10.0 Å². The predicted molar refractivity (Wildman–Crippen MR) is 42.4 cm³/mol. The van der Waals surface area contributed by atoms with E-state index in [-0.39, 0.29) is 0 Å². The van der Waals surface area contributed by atoms with Crippen LogP contribution in [0.1, 0.15) is 20.3 Å². The Labute approximate surface area is 64.7 Å². The molecule has 0 saturated heterocycles. The summed E-state index contributed by atoms with van der Waals surface area (Å²) in [6.07, 6.45) is 1.06.